The number of rotatable bonds is 6. The Morgan fingerprint density at radius 2 is 1.93 bits per heavy atom. The molecular weight excluding hydrogens is 493 g/mol. The van der Waals surface area contributed by atoms with E-state index >= 15 is 0 Å². The number of nitrogens with zero attached hydrogens (tertiary/aromatic N) is 3. The van der Waals surface area contributed by atoms with E-state index in [0.717, 1.165) is 44.3 Å². The lowest BCUT2D eigenvalue weighted by Crippen LogP contribution is -2.49. The summed E-state index contributed by atoms with van der Waals surface area (Å²) in [4.78, 5) is 12.6. The van der Waals surface area contributed by atoms with Crippen LogP contribution >= 0.6 is 35.7 Å². The average Bonchev–Trinajstić information content (AvgIpc) is 2.73. The lowest BCUT2D eigenvalue weighted by molar-refractivity contribution is 0.459. The van der Waals surface area contributed by atoms with Crippen molar-refractivity contribution in [1.29, 1.82) is 0 Å². The molecule has 158 valence electrons. The van der Waals surface area contributed by atoms with E-state index < -0.39 is 0 Å². The molecule has 3 rings (SSSR count). The van der Waals surface area contributed by atoms with Gasteiger partial charge < -0.3 is 15.5 Å². The zero-order valence-corrected chi connectivity index (χ0v) is 20.6. The summed E-state index contributed by atoms with van der Waals surface area (Å²) < 4.78 is 0. The predicted octanol–water partition coefficient (Wildman–Crippen LogP) is 4.32. The number of aliphatic imine (C=N–C) groups is 1. The number of hydrogen-bond acceptors (Lipinski definition) is 4. The minimum absolute atomic E-state index is 0. The molecule has 1 atom stereocenters. The highest BCUT2D eigenvalue weighted by molar-refractivity contribution is 14.0. The molecule has 0 radical (unpaired) electrons. The van der Waals surface area contributed by atoms with Crippen LogP contribution in [0.25, 0.3) is 0 Å². The quantitative estimate of drug-likeness (QED) is 0.255. The first-order valence-corrected chi connectivity index (χ1v) is 10.9. The maximum Gasteiger partial charge on any atom is 0.191 e. The summed E-state index contributed by atoms with van der Waals surface area (Å²) in [5.41, 5.74) is 1.20. The molecule has 0 amide bonds. The topological polar surface area (TPSA) is 52.6 Å². The second kappa shape index (κ2) is 12.3. The van der Waals surface area contributed by atoms with Crippen LogP contribution < -0.4 is 15.5 Å². The number of guanidine groups is 1. The van der Waals surface area contributed by atoms with Crippen LogP contribution in [0.4, 0.5) is 5.82 Å². The van der Waals surface area contributed by atoms with Crippen molar-refractivity contribution in [3.8, 4) is 0 Å². The first kappa shape index (κ1) is 23.8. The van der Waals surface area contributed by atoms with Gasteiger partial charge in [-0.05, 0) is 43.5 Å². The van der Waals surface area contributed by atoms with E-state index in [2.05, 4.69) is 81.8 Å². The number of aryl methyl sites for hydroxylation is 1. The molecule has 1 unspecified atom stereocenters. The van der Waals surface area contributed by atoms with Gasteiger partial charge in [0.2, 0.25) is 0 Å². The summed E-state index contributed by atoms with van der Waals surface area (Å²) >= 11 is 1.88. The number of nitrogens with one attached hydrogen (secondary N) is 2. The SMILES string of the molecule is CN=C(NCC(C)Sc1ccccc1)NC1CCN(c2ccc(C)cn2)CC1.I. The van der Waals surface area contributed by atoms with Gasteiger partial charge in [-0.15, -0.1) is 35.7 Å². The average molecular weight is 526 g/mol. The van der Waals surface area contributed by atoms with Gasteiger partial charge >= 0.3 is 0 Å². The van der Waals surface area contributed by atoms with Gasteiger partial charge in [0.1, 0.15) is 5.82 Å². The van der Waals surface area contributed by atoms with Crippen molar-refractivity contribution in [2.75, 3.05) is 31.6 Å². The van der Waals surface area contributed by atoms with Gasteiger partial charge in [-0.2, -0.15) is 0 Å². The maximum absolute atomic E-state index is 4.55. The van der Waals surface area contributed by atoms with Crippen molar-refractivity contribution in [2.24, 2.45) is 4.99 Å². The number of thioether (sulfide) groups is 1. The van der Waals surface area contributed by atoms with Crippen LogP contribution in [-0.2, 0) is 0 Å². The molecule has 2 N–H and O–H groups in total. The van der Waals surface area contributed by atoms with Gasteiger partial charge in [0.15, 0.2) is 5.96 Å². The molecule has 29 heavy (non-hydrogen) atoms. The molecular formula is C22H32IN5S. The molecule has 1 aliphatic rings. The van der Waals surface area contributed by atoms with E-state index in [9.17, 15) is 0 Å². The number of halogens is 1. The van der Waals surface area contributed by atoms with E-state index in [0.29, 0.717) is 11.3 Å². The van der Waals surface area contributed by atoms with Crippen LogP contribution in [0.2, 0.25) is 0 Å². The van der Waals surface area contributed by atoms with Gasteiger partial charge in [-0.1, -0.05) is 31.2 Å². The highest BCUT2D eigenvalue weighted by atomic mass is 127. The maximum atomic E-state index is 4.55. The molecule has 1 aromatic carbocycles. The van der Waals surface area contributed by atoms with Crippen LogP contribution in [0.15, 0.2) is 58.5 Å². The summed E-state index contributed by atoms with van der Waals surface area (Å²) in [5, 5.41) is 7.53. The van der Waals surface area contributed by atoms with Crippen LogP contribution in [0.5, 0.6) is 0 Å². The van der Waals surface area contributed by atoms with Gasteiger partial charge in [-0.3, -0.25) is 4.99 Å². The third-order valence-corrected chi connectivity index (χ3v) is 6.03. The number of benzene rings is 1. The first-order valence-electron chi connectivity index (χ1n) is 10.0. The Morgan fingerprint density at radius 3 is 2.55 bits per heavy atom. The lowest BCUT2D eigenvalue weighted by atomic mass is 10.1. The zero-order valence-electron chi connectivity index (χ0n) is 17.5. The number of anilines is 1. The van der Waals surface area contributed by atoms with E-state index in [4.69, 9.17) is 0 Å². The Bertz CT molecular complexity index is 746. The summed E-state index contributed by atoms with van der Waals surface area (Å²) in [5.74, 6) is 1.98. The minimum atomic E-state index is 0. The fraction of sp³-hybridized carbons (Fsp3) is 0.455. The minimum Gasteiger partial charge on any atom is -0.356 e. The molecule has 0 saturated carbocycles. The third kappa shape index (κ3) is 7.70. The fourth-order valence-corrected chi connectivity index (χ4v) is 4.25. The fourth-order valence-electron chi connectivity index (χ4n) is 3.30. The number of piperidine rings is 1. The molecule has 0 bridgehead atoms. The normalized spacial score (nSPS) is 16.1. The summed E-state index contributed by atoms with van der Waals surface area (Å²) in [6.45, 7) is 7.23. The monoisotopic (exact) mass is 525 g/mol. The third-order valence-electron chi connectivity index (χ3n) is 4.92. The molecule has 2 aromatic rings. The van der Waals surface area contributed by atoms with Crippen molar-refractivity contribution < 1.29 is 0 Å². The first-order chi connectivity index (χ1) is 13.6. The smallest absolute Gasteiger partial charge is 0.191 e. The molecule has 1 aromatic heterocycles. The van der Waals surface area contributed by atoms with Crippen LogP contribution in [0, 0.1) is 6.92 Å². The molecule has 0 aliphatic carbocycles. The van der Waals surface area contributed by atoms with Crippen molar-refractivity contribution in [1.82, 2.24) is 15.6 Å². The standard InChI is InChI=1S/C22H31N5S.HI/c1-17-9-10-21(24-15-17)27-13-11-19(12-14-27)26-22(23-3)25-16-18(2)28-20-7-5-4-6-8-20;/h4-10,15,18-19H,11-14,16H2,1-3H3,(H2,23,25,26);1H. The Morgan fingerprint density at radius 1 is 1.21 bits per heavy atom. The van der Waals surface area contributed by atoms with E-state index in [1.165, 1.54) is 10.5 Å². The van der Waals surface area contributed by atoms with Gasteiger partial charge in [0, 0.05) is 49.1 Å². The van der Waals surface area contributed by atoms with Crippen LogP contribution in [0.1, 0.15) is 25.3 Å². The second-order valence-electron chi connectivity index (χ2n) is 7.29. The van der Waals surface area contributed by atoms with E-state index in [1.54, 1.807) is 0 Å². The Kier molecular flexibility index (Phi) is 10.1. The number of hydrogen-bond donors (Lipinski definition) is 2. The number of aromatic nitrogens is 1. The highest BCUT2D eigenvalue weighted by Gasteiger charge is 2.21. The molecule has 7 heteroatoms. The Hall–Kier alpha value is -1.48. The predicted molar refractivity (Wildman–Crippen MR) is 136 cm³/mol. The van der Waals surface area contributed by atoms with E-state index in [-0.39, 0.29) is 24.0 Å². The van der Waals surface area contributed by atoms with Gasteiger partial charge in [0.05, 0.1) is 0 Å². The largest absolute Gasteiger partial charge is 0.356 e. The van der Waals surface area contributed by atoms with Crippen molar-refractivity contribution in [3.05, 3.63) is 54.2 Å². The zero-order chi connectivity index (χ0) is 19.8. The molecule has 0 spiro atoms. The Balaban J connectivity index is 0.00000300. The van der Waals surface area contributed by atoms with Gasteiger partial charge in [-0.25, -0.2) is 4.98 Å². The lowest BCUT2D eigenvalue weighted by Gasteiger charge is -2.34. The Labute approximate surface area is 196 Å². The summed E-state index contributed by atoms with van der Waals surface area (Å²) in [6, 6.07) is 15.2. The van der Waals surface area contributed by atoms with Crippen LogP contribution in [0.3, 0.4) is 0 Å². The molecule has 5 nitrogen and oxygen atoms in total. The summed E-state index contributed by atoms with van der Waals surface area (Å²) in [6.07, 6.45) is 4.12. The molecule has 1 saturated heterocycles. The van der Waals surface area contributed by atoms with Crippen molar-refractivity contribution >= 4 is 47.5 Å². The second-order valence-corrected chi connectivity index (χ2v) is 8.81. The highest BCUT2D eigenvalue weighted by Crippen LogP contribution is 2.22. The molecule has 2 heterocycles. The summed E-state index contributed by atoms with van der Waals surface area (Å²) in [7, 11) is 1.84. The van der Waals surface area contributed by atoms with Crippen molar-refractivity contribution in [2.45, 2.75) is 42.9 Å². The van der Waals surface area contributed by atoms with E-state index in [1.807, 2.05) is 25.0 Å². The molecule has 1 aliphatic heterocycles. The van der Waals surface area contributed by atoms with Gasteiger partial charge in [0.25, 0.3) is 0 Å². The molecule has 1 fully saturated rings. The number of pyridine rings is 1. The van der Waals surface area contributed by atoms with Crippen molar-refractivity contribution in [3.63, 3.8) is 0 Å². The van der Waals surface area contributed by atoms with Crippen LogP contribution in [-0.4, -0.2) is 48.9 Å².